The summed E-state index contributed by atoms with van der Waals surface area (Å²) in [4.78, 5) is 10.8. The minimum Gasteiger partial charge on any atom is -0.469 e. The second kappa shape index (κ2) is 4.88. The fraction of sp³-hybridized carbons (Fsp3) is 0.571. The number of ether oxygens (including phenoxy) is 1. The molecule has 0 spiro atoms. The molecule has 0 aliphatic rings. The number of methoxy groups -OCH3 is 1. The van der Waals surface area contributed by atoms with E-state index in [9.17, 15) is 4.79 Å². The van der Waals surface area contributed by atoms with Crippen molar-refractivity contribution in [3.63, 3.8) is 0 Å². The fourth-order valence-corrected chi connectivity index (χ4v) is 1.51. The Morgan fingerprint density at radius 1 is 1.54 bits per heavy atom. The van der Waals surface area contributed by atoms with Crippen LogP contribution in [0, 0.1) is 0 Å². The summed E-state index contributed by atoms with van der Waals surface area (Å²) in [6, 6.07) is 0. The van der Waals surface area contributed by atoms with Crippen molar-refractivity contribution < 1.29 is 9.53 Å². The van der Waals surface area contributed by atoms with E-state index in [1.54, 1.807) is 0 Å². The second-order valence-electron chi connectivity index (χ2n) is 2.37. The van der Waals surface area contributed by atoms with Gasteiger partial charge in [0, 0.05) is 13.0 Å². The van der Waals surface area contributed by atoms with Crippen LogP contribution in [0.1, 0.15) is 16.4 Å². The van der Waals surface area contributed by atoms with Gasteiger partial charge in [-0.1, -0.05) is 0 Å². The maximum atomic E-state index is 10.8. The average Bonchev–Trinajstić information content (AvgIpc) is 2.61. The van der Waals surface area contributed by atoms with Gasteiger partial charge in [-0.3, -0.25) is 4.79 Å². The van der Waals surface area contributed by atoms with Crippen molar-refractivity contribution in [3.05, 3.63) is 10.0 Å². The summed E-state index contributed by atoms with van der Waals surface area (Å²) in [6.07, 6.45) is 0.917. The van der Waals surface area contributed by atoms with Crippen LogP contribution in [-0.4, -0.2) is 23.3 Å². The van der Waals surface area contributed by atoms with E-state index in [1.807, 2.05) is 0 Å². The van der Waals surface area contributed by atoms with Gasteiger partial charge in [0.1, 0.15) is 10.0 Å². The van der Waals surface area contributed by atoms with Crippen LogP contribution >= 0.6 is 11.3 Å². The predicted molar refractivity (Wildman–Crippen MR) is 48.1 cm³/mol. The van der Waals surface area contributed by atoms with Crippen LogP contribution in [0.5, 0.6) is 0 Å². The highest BCUT2D eigenvalue weighted by atomic mass is 32.1. The Morgan fingerprint density at radius 2 is 2.23 bits per heavy atom. The lowest BCUT2D eigenvalue weighted by Gasteiger charge is -1.94. The molecule has 0 saturated heterocycles. The summed E-state index contributed by atoms with van der Waals surface area (Å²) in [5, 5.41) is 9.32. The molecule has 0 unspecified atom stereocenters. The van der Waals surface area contributed by atoms with E-state index in [4.69, 9.17) is 5.73 Å². The molecule has 0 atom stereocenters. The topological polar surface area (TPSA) is 78.1 Å². The Kier molecular flexibility index (Phi) is 3.78. The first-order valence-corrected chi connectivity index (χ1v) is 4.66. The third kappa shape index (κ3) is 3.08. The molecule has 1 heterocycles. The van der Waals surface area contributed by atoms with Crippen molar-refractivity contribution in [1.29, 1.82) is 0 Å². The molecular weight excluding hydrogens is 190 g/mol. The number of nitrogens with zero attached hydrogens (tertiary/aromatic N) is 2. The highest BCUT2D eigenvalue weighted by Gasteiger charge is 2.05. The van der Waals surface area contributed by atoms with Crippen LogP contribution in [0.3, 0.4) is 0 Å². The van der Waals surface area contributed by atoms with Gasteiger partial charge in [0.05, 0.1) is 13.5 Å². The lowest BCUT2D eigenvalue weighted by molar-refractivity contribution is -0.140. The third-order valence-corrected chi connectivity index (χ3v) is 2.46. The maximum Gasteiger partial charge on any atom is 0.305 e. The third-order valence-electron chi connectivity index (χ3n) is 1.45. The summed E-state index contributed by atoms with van der Waals surface area (Å²) in [5.74, 6) is -0.232. The Bertz CT molecular complexity index is 287. The van der Waals surface area contributed by atoms with Gasteiger partial charge < -0.3 is 10.5 Å². The zero-order valence-electron chi connectivity index (χ0n) is 7.32. The maximum absolute atomic E-state index is 10.8. The Balaban J connectivity index is 2.41. The number of nitrogens with two attached hydrogens (primary N) is 1. The number of rotatable bonds is 4. The molecule has 6 heteroatoms. The molecule has 0 fully saturated rings. The van der Waals surface area contributed by atoms with E-state index < -0.39 is 0 Å². The summed E-state index contributed by atoms with van der Waals surface area (Å²) in [5.41, 5.74) is 5.36. The highest BCUT2D eigenvalue weighted by molar-refractivity contribution is 7.11. The van der Waals surface area contributed by atoms with E-state index in [-0.39, 0.29) is 5.97 Å². The van der Waals surface area contributed by atoms with Gasteiger partial charge in [-0.05, 0) is 0 Å². The van der Waals surface area contributed by atoms with E-state index in [0.717, 1.165) is 10.0 Å². The highest BCUT2D eigenvalue weighted by Crippen LogP contribution is 2.10. The van der Waals surface area contributed by atoms with Gasteiger partial charge in [-0.25, -0.2) is 0 Å². The standard InChI is InChI=1S/C7H11N3O2S/c1-12-7(11)3-2-5-9-10-6(4-8)13-5/h2-4,8H2,1H3. The smallest absolute Gasteiger partial charge is 0.305 e. The molecule has 1 aromatic rings. The first-order valence-electron chi connectivity index (χ1n) is 3.84. The predicted octanol–water partition coefficient (Wildman–Crippen LogP) is 0.102. The number of carbonyl (C=O) groups excluding carboxylic acids is 1. The first kappa shape index (κ1) is 10.1. The van der Waals surface area contributed by atoms with Gasteiger partial charge in [-0.2, -0.15) is 0 Å². The molecule has 1 rings (SSSR count). The molecule has 13 heavy (non-hydrogen) atoms. The first-order chi connectivity index (χ1) is 6.26. The SMILES string of the molecule is COC(=O)CCc1nnc(CN)s1. The molecule has 0 aliphatic heterocycles. The Hall–Kier alpha value is -1.01. The van der Waals surface area contributed by atoms with Gasteiger partial charge in [-0.15, -0.1) is 21.5 Å². The van der Waals surface area contributed by atoms with Crippen LogP contribution in [0.4, 0.5) is 0 Å². The van der Waals surface area contributed by atoms with E-state index in [0.29, 0.717) is 19.4 Å². The van der Waals surface area contributed by atoms with Crippen LogP contribution < -0.4 is 5.73 Å². The number of carbonyl (C=O) groups is 1. The molecule has 72 valence electrons. The second-order valence-corrected chi connectivity index (χ2v) is 3.52. The summed E-state index contributed by atoms with van der Waals surface area (Å²) in [7, 11) is 1.37. The number of hydrogen-bond acceptors (Lipinski definition) is 6. The molecule has 2 N–H and O–H groups in total. The number of esters is 1. The Morgan fingerprint density at radius 3 is 2.77 bits per heavy atom. The molecule has 0 aromatic carbocycles. The molecular formula is C7H11N3O2S. The van der Waals surface area contributed by atoms with E-state index >= 15 is 0 Å². The number of hydrogen-bond donors (Lipinski definition) is 1. The molecule has 0 aliphatic carbocycles. The lowest BCUT2D eigenvalue weighted by Crippen LogP contribution is -2.01. The zero-order valence-corrected chi connectivity index (χ0v) is 8.13. The van der Waals surface area contributed by atoms with E-state index in [1.165, 1.54) is 18.4 Å². The van der Waals surface area contributed by atoms with Crippen molar-refractivity contribution in [3.8, 4) is 0 Å². The minimum absolute atomic E-state index is 0.232. The minimum atomic E-state index is -0.232. The summed E-state index contributed by atoms with van der Waals surface area (Å²) >= 11 is 1.43. The van der Waals surface area contributed by atoms with Crippen molar-refractivity contribution in [1.82, 2.24) is 10.2 Å². The normalized spacial score (nSPS) is 10.0. The van der Waals surface area contributed by atoms with Gasteiger partial charge in [0.2, 0.25) is 0 Å². The van der Waals surface area contributed by atoms with Crippen LogP contribution in [0.2, 0.25) is 0 Å². The monoisotopic (exact) mass is 201 g/mol. The Labute approximate surface area is 79.9 Å². The van der Waals surface area contributed by atoms with Crippen LogP contribution in [-0.2, 0) is 22.5 Å². The van der Waals surface area contributed by atoms with Crippen molar-refractivity contribution in [2.24, 2.45) is 5.73 Å². The number of aryl methyl sites for hydroxylation is 1. The summed E-state index contributed by atoms with van der Waals surface area (Å²) < 4.78 is 4.50. The zero-order chi connectivity index (χ0) is 9.68. The van der Waals surface area contributed by atoms with Crippen molar-refractivity contribution in [2.75, 3.05) is 7.11 Å². The van der Waals surface area contributed by atoms with Gasteiger partial charge in [0.15, 0.2) is 0 Å². The lowest BCUT2D eigenvalue weighted by atomic mass is 10.3. The van der Waals surface area contributed by atoms with Crippen LogP contribution in [0.15, 0.2) is 0 Å². The van der Waals surface area contributed by atoms with Crippen molar-refractivity contribution >= 4 is 17.3 Å². The van der Waals surface area contributed by atoms with Crippen molar-refractivity contribution in [2.45, 2.75) is 19.4 Å². The average molecular weight is 201 g/mol. The van der Waals surface area contributed by atoms with Crippen LogP contribution in [0.25, 0.3) is 0 Å². The molecule has 0 radical (unpaired) electrons. The van der Waals surface area contributed by atoms with E-state index in [2.05, 4.69) is 14.9 Å². The fourth-order valence-electron chi connectivity index (χ4n) is 0.783. The summed E-state index contributed by atoms with van der Waals surface area (Å²) in [6.45, 7) is 0.399. The molecule has 1 aromatic heterocycles. The largest absolute Gasteiger partial charge is 0.469 e. The molecule has 0 saturated carbocycles. The number of aromatic nitrogens is 2. The molecule has 5 nitrogen and oxygen atoms in total. The van der Waals surface area contributed by atoms with Gasteiger partial charge >= 0.3 is 5.97 Å². The van der Waals surface area contributed by atoms with Gasteiger partial charge in [0.25, 0.3) is 0 Å². The quantitative estimate of drug-likeness (QED) is 0.699. The molecule has 0 bridgehead atoms. The molecule has 0 amide bonds.